The summed E-state index contributed by atoms with van der Waals surface area (Å²) in [4.78, 5) is 2.67. The molecule has 4 heteroatoms. The molecule has 0 amide bonds. The van der Waals surface area contributed by atoms with Crippen molar-refractivity contribution in [2.75, 3.05) is 44.3 Å². The summed E-state index contributed by atoms with van der Waals surface area (Å²) in [6, 6.07) is 0.801. The molecule has 0 aromatic heterocycles. The Morgan fingerprint density at radius 2 is 2.19 bits per heavy atom. The number of nitrogens with zero attached hydrogens (tertiary/aromatic N) is 1. The molecule has 3 nitrogen and oxygen atoms in total. The molecule has 3 saturated heterocycles. The molecule has 0 aromatic carbocycles. The van der Waals surface area contributed by atoms with Crippen LogP contribution in [0.5, 0.6) is 0 Å². The Hall–Kier alpha value is 0.230. The van der Waals surface area contributed by atoms with E-state index >= 15 is 0 Å². The number of rotatable bonds is 2. The van der Waals surface area contributed by atoms with Gasteiger partial charge in [-0.1, -0.05) is 0 Å². The lowest BCUT2D eigenvalue weighted by atomic mass is 9.82. The largest absolute Gasteiger partial charge is 0.396 e. The lowest BCUT2D eigenvalue weighted by Gasteiger charge is -2.32. The van der Waals surface area contributed by atoms with Crippen molar-refractivity contribution in [2.45, 2.75) is 18.9 Å². The highest BCUT2D eigenvalue weighted by atomic mass is 32.2. The van der Waals surface area contributed by atoms with E-state index in [1.165, 1.54) is 30.9 Å². The molecule has 3 fully saturated rings. The van der Waals surface area contributed by atoms with Crippen molar-refractivity contribution in [3.8, 4) is 0 Å². The zero-order chi connectivity index (χ0) is 11.0. The van der Waals surface area contributed by atoms with Crippen molar-refractivity contribution in [1.82, 2.24) is 10.2 Å². The van der Waals surface area contributed by atoms with Crippen LogP contribution in [-0.2, 0) is 0 Å². The Bertz CT molecular complexity index is 257. The normalized spacial score (nSPS) is 41.4. The molecule has 3 aliphatic rings. The minimum Gasteiger partial charge on any atom is -0.396 e. The predicted octanol–water partition coefficient (Wildman–Crippen LogP) is 0.396. The number of thioether (sulfide) groups is 1. The average Bonchev–Trinajstić information content (AvgIpc) is 2.86. The highest BCUT2D eigenvalue weighted by molar-refractivity contribution is 7.99. The molecule has 3 aliphatic heterocycles. The van der Waals surface area contributed by atoms with Crippen LogP contribution in [0.2, 0.25) is 0 Å². The minimum absolute atomic E-state index is 0.185. The molecule has 0 aromatic rings. The van der Waals surface area contributed by atoms with Crippen LogP contribution in [0.25, 0.3) is 0 Å². The number of aliphatic hydroxyl groups is 1. The molecule has 92 valence electrons. The Kier molecular flexibility index (Phi) is 3.17. The molecule has 0 radical (unpaired) electrons. The number of nitrogens with one attached hydrogen (secondary N) is 1. The van der Waals surface area contributed by atoms with Gasteiger partial charge in [-0.25, -0.2) is 0 Å². The Morgan fingerprint density at radius 1 is 1.38 bits per heavy atom. The third kappa shape index (κ3) is 1.80. The summed E-state index contributed by atoms with van der Waals surface area (Å²) in [5.74, 6) is 3.35. The van der Waals surface area contributed by atoms with Crippen LogP contribution in [0.4, 0.5) is 0 Å². The zero-order valence-corrected chi connectivity index (χ0v) is 10.6. The Morgan fingerprint density at radius 3 is 2.88 bits per heavy atom. The maximum atomic E-state index is 9.67. The average molecular weight is 242 g/mol. The van der Waals surface area contributed by atoms with Crippen molar-refractivity contribution >= 4 is 11.8 Å². The van der Waals surface area contributed by atoms with E-state index < -0.39 is 0 Å². The van der Waals surface area contributed by atoms with E-state index in [2.05, 4.69) is 22.0 Å². The van der Waals surface area contributed by atoms with E-state index in [-0.39, 0.29) is 5.41 Å². The molecule has 2 N–H and O–H groups in total. The van der Waals surface area contributed by atoms with Gasteiger partial charge in [0.2, 0.25) is 0 Å². The second kappa shape index (κ2) is 4.48. The number of likely N-dealkylation sites (tertiary alicyclic amines) is 1. The van der Waals surface area contributed by atoms with Crippen LogP contribution in [0.1, 0.15) is 12.8 Å². The molecular formula is C12H22N2OS. The predicted molar refractivity (Wildman–Crippen MR) is 67.8 cm³/mol. The van der Waals surface area contributed by atoms with Crippen molar-refractivity contribution in [2.24, 2.45) is 11.3 Å². The molecule has 0 spiro atoms. The van der Waals surface area contributed by atoms with Gasteiger partial charge in [-0.05, 0) is 36.8 Å². The van der Waals surface area contributed by atoms with Gasteiger partial charge in [-0.3, -0.25) is 4.90 Å². The first-order chi connectivity index (χ1) is 7.84. The molecular weight excluding hydrogens is 220 g/mol. The molecule has 2 unspecified atom stereocenters. The standard InChI is InChI=1S/C12H22N2OS/c15-9-12-7-13-5-10(12)6-14(8-12)11-1-3-16-4-2-11/h10-11,13,15H,1-9H2. The van der Waals surface area contributed by atoms with Gasteiger partial charge in [0.1, 0.15) is 0 Å². The molecule has 16 heavy (non-hydrogen) atoms. The highest BCUT2D eigenvalue weighted by Gasteiger charge is 2.50. The van der Waals surface area contributed by atoms with E-state index in [0.717, 1.165) is 25.7 Å². The maximum absolute atomic E-state index is 9.67. The summed E-state index contributed by atoms with van der Waals surface area (Å²) in [6.07, 6.45) is 2.71. The third-order valence-corrected chi connectivity index (χ3v) is 5.78. The summed E-state index contributed by atoms with van der Waals surface area (Å²) in [6.45, 7) is 4.83. The van der Waals surface area contributed by atoms with Gasteiger partial charge >= 0.3 is 0 Å². The van der Waals surface area contributed by atoms with Gasteiger partial charge in [0.15, 0.2) is 0 Å². The van der Waals surface area contributed by atoms with Crippen LogP contribution in [0.3, 0.4) is 0 Å². The summed E-state index contributed by atoms with van der Waals surface area (Å²) in [5.41, 5.74) is 0.185. The summed E-state index contributed by atoms with van der Waals surface area (Å²) in [7, 11) is 0. The van der Waals surface area contributed by atoms with Gasteiger partial charge < -0.3 is 10.4 Å². The molecule has 3 rings (SSSR count). The first-order valence-corrected chi connectivity index (χ1v) is 7.63. The van der Waals surface area contributed by atoms with Crippen LogP contribution in [-0.4, -0.2) is 60.3 Å². The van der Waals surface area contributed by atoms with E-state index in [9.17, 15) is 5.11 Å². The van der Waals surface area contributed by atoms with Crippen molar-refractivity contribution < 1.29 is 5.11 Å². The molecule has 2 atom stereocenters. The van der Waals surface area contributed by atoms with E-state index in [4.69, 9.17) is 0 Å². The fraction of sp³-hybridized carbons (Fsp3) is 1.00. The third-order valence-electron chi connectivity index (χ3n) is 4.73. The molecule has 3 heterocycles. The highest BCUT2D eigenvalue weighted by Crippen LogP contribution is 2.40. The number of hydrogen-bond acceptors (Lipinski definition) is 4. The van der Waals surface area contributed by atoms with Crippen LogP contribution in [0.15, 0.2) is 0 Å². The SMILES string of the molecule is OCC12CNCC1CN(C1CCSCC1)C2. The van der Waals surface area contributed by atoms with E-state index in [0.29, 0.717) is 12.5 Å². The van der Waals surface area contributed by atoms with Crippen LogP contribution in [0, 0.1) is 11.3 Å². The second-order valence-corrected chi connectivity index (χ2v) is 6.85. The number of hydrogen-bond donors (Lipinski definition) is 2. The van der Waals surface area contributed by atoms with Gasteiger partial charge in [0.25, 0.3) is 0 Å². The van der Waals surface area contributed by atoms with Gasteiger partial charge in [-0.15, -0.1) is 0 Å². The summed E-state index contributed by atoms with van der Waals surface area (Å²) < 4.78 is 0. The second-order valence-electron chi connectivity index (χ2n) is 5.62. The Labute approximate surface area is 102 Å². The fourth-order valence-corrected chi connectivity index (χ4v) is 4.70. The van der Waals surface area contributed by atoms with Gasteiger partial charge in [0, 0.05) is 31.1 Å². The number of fused-ring (bicyclic) bond motifs is 1. The quantitative estimate of drug-likeness (QED) is 0.734. The van der Waals surface area contributed by atoms with Crippen LogP contribution < -0.4 is 5.32 Å². The molecule has 0 saturated carbocycles. The zero-order valence-electron chi connectivity index (χ0n) is 9.82. The fourth-order valence-electron chi connectivity index (χ4n) is 3.61. The van der Waals surface area contributed by atoms with Gasteiger partial charge in [-0.2, -0.15) is 11.8 Å². The Balaban J connectivity index is 1.67. The maximum Gasteiger partial charge on any atom is 0.0515 e. The number of aliphatic hydroxyl groups excluding tert-OH is 1. The molecule has 0 bridgehead atoms. The smallest absolute Gasteiger partial charge is 0.0515 e. The topological polar surface area (TPSA) is 35.5 Å². The lowest BCUT2D eigenvalue weighted by molar-refractivity contribution is 0.116. The van der Waals surface area contributed by atoms with E-state index in [1.54, 1.807) is 0 Å². The summed E-state index contributed by atoms with van der Waals surface area (Å²) >= 11 is 2.10. The minimum atomic E-state index is 0.185. The monoisotopic (exact) mass is 242 g/mol. The van der Waals surface area contributed by atoms with Gasteiger partial charge in [0.05, 0.1) is 6.61 Å². The molecule has 0 aliphatic carbocycles. The van der Waals surface area contributed by atoms with Crippen molar-refractivity contribution in [3.63, 3.8) is 0 Å². The lowest BCUT2D eigenvalue weighted by Crippen LogP contribution is -2.41. The van der Waals surface area contributed by atoms with E-state index in [1.807, 2.05) is 0 Å². The first-order valence-electron chi connectivity index (χ1n) is 6.47. The first kappa shape index (κ1) is 11.3. The van der Waals surface area contributed by atoms with Crippen molar-refractivity contribution in [1.29, 1.82) is 0 Å². The summed E-state index contributed by atoms with van der Waals surface area (Å²) in [5, 5.41) is 13.1. The van der Waals surface area contributed by atoms with Crippen LogP contribution >= 0.6 is 11.8 Å². The van der Waals surface area contributed by atoms with Crippen molar-refractivity contribution in [3.05, 3.63) is 0 Å².